The van der Waals surface area contributed by atoms with E-state index in [4.69, 9.17) is 15.4 Å². The van der Waals surface area contributed by atoms with Crippen molar-refractivity contribution in [1.82, 2.24) is 20.4 Å². The van der Waals surface area contributed by atoms with E-state index in [1.165, 1.54) is 0 Å². The maximum absolute atomic E-state index is 12.6. The maximum atomic E-state index is 12.6. The average molecular weight is 510 g/mol. The van der Waals surface area contributed by atoms with Crippen LogP contribution in [0.1, 0.15) is 18.9 Å². The molecule has 4 aromatic rings. The molecule has 2 aromatic carbocycles. The van der Waals surface area contributed by atoms with Crippen LogP contribution in [0.3, 0.4) is 0 Å². The molecule has 10 heteroatoms. The normalized spacial score (nSPS) is 13.0. The van der Waals surface area contributed by atoms with Gasteiger partial charge in [-0.25, -0.2) is 14.4 Å². The Bertz CT molecular complexity index is 1270. The van der Waals surface area contributed by atoms with E-state index in [0.29, 0.717) is 47.2 Å². The first-order chi connectivity index (χ1) is 17.5. The number of hydrogen-bond donors (Lipinski definition) is 3. The number of alkyl halides is 1. The number of nitrogens with two attached hydrogens (primary N) is 1. The Morgan fingerprint density at radius 3 is 2.50 bits per heavy atom. The monoisotopic (exact) mass is 509 g/mol. The van der Waals surface area contributed by atoms with Crippen LogP contribution >= 0.6 is 0 Å². The van der Waals surface area contributed by atoms with Gasteiger partial charge in [0.25, 0.3) is 0 Å². The van der Waals surface area contributed by atoms with Gasteiger partial charge in [-0.05, 0) is 47.9 Å². The molecule has 36 heavy (non-hydrogen) atoms. The zero-order chi connectivity index (χ0) is 25.5. The number of halogens is 1. The summed E-state index contributed by atoms with van der Waals surface area (Å²) in [4.78, 5) is 9.61. The highest BCUT2D eigenvalue weighted by Crippen LogP contribution is 2.30. The molecule has 188 valence electrons. The molecule has 0 saturated heterocycles. The summed E-state index contributed by atoms with van der Waals surface area (Å²) in [5, 5.41) is 16.1. The molecular formula is C26H28FN5O3S. The molecule has 0 bridgehead atoms. The van der Waals surface area contributed by atoms with Crippen molar-refractivity contribution >= 4 is 17.0 Å². The number of anilines is 1. The molecule has 0 fully saturated rings. The van der Waals surface area contributed by atoms with Crippen molar-refractivity contribution < 1.29 is 18.6 Å². The summed E-state index contributed by atoms with van der Waals surface area (Å²) in [5.74, 6) is 0.604. The van der Waals surface area contributed by atoms with Crippen LogP contribution in [0.25, 0.3) is 34.0 Å². The smallest absolute Gasteiger partial charge is 0.189 e. The number of nitrogens with zero attached hydrogens (tertiary/aromatic N) is 3. The van der Waals surface area contributed by atoms with Crippen molar-refractivity contribution in [3.8, 4) is 34.0 Å². The van der Waals surface area contributed by atoms with Crippen molar-refractivity contribution in [2.45, 2.75) is 30.0 Å². The number of aliphatic hydroxyl groups is 1. The van der Waals surface area contributed by atoms with E-state index in [2.05, 4.69) is 20.4 Å². The lowest BCUT2D eigenvalue weighted by atomic mass is 10.1. The third-order valence-electron chi connectivity index (χ3n) is 5.68. The van der Waals surface area contributed by atoms with Crippen LogP contribution in [0.5, 0.6) is 0 Å². The molecule has 0 aliphatic rings. The third-order valence-corrected chi connectivity index (χ3v) is 7.38. The van der Waals surface area contributed by atoms with E-state index < -0.39 is 17.9 Å². The number of aliphatic hydroxyl groups excluding tert-OH is 1. The first kappa shape index (κ1) is 25.8. The summed E-state index contributed by atoms with van der Waals surface area (Å²) in [6.45, 7) is 2.37. The molecule has 0 spiro atoms. The third kappa shape index (κ3) is 6.08. The standard InChI is InChI=1S/C26H28FN5O3S/c1-17(10-13-33)36(34)21-8-6-20(7-9-21)23-16-30-26(28)25(31-23)24-14-22(32-35-24)19-4-2-18(3-5-19)15-29-12-11-27/h2-9,14,16-17,29,33H,10-13,15H2,1H3,(H2,28,30). The largest absolute Gasteiger partial charge is 0.611 e. The van der Waals surface area contributed by atoms with Gasteiger partial charge in [0.1, 0.15) is 17.6 Å². The van der Waals surface area contributed by atoms with Crippen molar-refractivity contribution in [3.05, 3.63) is 66.4 Å². The lowest BCUT2D eigenvalue weighted by Gasteiger charge is -2.17. The Labute approximate surface area is 212 Å². The summed E-state index contributed by atoms with van der Waals surface area (Å²) >= 11 is -1.21. The summed E-state index contributed by atoms with van der Waals surface area (Å²) in [6.07, 6.45) is 2.05. The van der Waals surface area contributed by atoms with Crippen LogP contribution in [0, 0.1) is 0 Å². The fourth-order valence-corrected chi connectivity index (χ4v) is 4.80. The van der Waals surface area contributed by atoms with E-state index in [0.717, 1.165) is 16.7 Å². The molecule has 0 aliphatic heterocycles. The average Bonchev–Trinajstić information content (AvgIpc) is 3.39. The van der Waals surface area contributed by atoms with Gasteiger partial charge in [0.2, 0.25) is 0 Å². The molecule has 2 unspecified atom stereocenters. The molecule has 2 aromatic heterocycles. The lowest BCUT2D eigenvalue weighted by Crippen LogP contribution is -2.19. The fraction of sp³-hybridized carbons (Fsp3) is 0.269. The molecular weight excluding hydrogens is 481 g/mol. The highest BCUT2D eigenvalue weighted by molar-refractivity contribution is 7.92. The second-order valence-corrected chi connectivity index (χ2v) is 10.1. The molecule has 2 heterocycles. The molecule has 0 amide bonds. The predicted octanol–water partition coefficient (Wildman–Crippen LogP) is 3.99. The fourth-order valence-electron chi connectivity index (χ4n) is 3.62. The van der Waals surface area contributed by atoms with Gasteiger partial charge in [0, 0.05) is 43.3 Å². The molecule has 4 rings (SSSR count). The Balaban J connectivity index is 1.52. The minimum absolute atomic E-state index is 0.00253. The zero-order valence-corrected chi connectivity index (χ0v) is 20.7. The van der Waals surface area contributed by atoms with Gasteiger partial charge in [-0.15, -0.1) is 0 Å². The summed E-state index contributed by atoms with van der Waals surface area (Å²) < 4.78 is 30.4. The quantitative estimate of drug-likeness (QED) is 0.204. The van der Waals surface area contributed by atoms with E-state index in [1.807, 2.05) is 43.3 Å². The molecule has 2 atom stereocenters. The Kier molecular flexibility index (Phi) is 8.65. The molecule has 0 saturated carbocycles. The number of rotatable bonds is 11. The topological polar surface area (TPSA) is 133 Å². The van der Waals surface area contributed by atoms with E-state index >= 15 is 0 Å². The second kappa shape index (κ2) is 12.1. The number of nitrogens with one attached hydrogen (secondary N) is 1. The lowest BCUT2D eigenvalue weighted by molar-refractivity contribution is 0.287. The van der Waals surface area contributed by atoms with Gasteiger partial charge in [-0.1, -0.05) is 29.4 Å². The van der Waals surface area contributed by atoms with Gasteiger partial charge in [0.15, 0.2) is 22.2 Å². The molecule has 0 radical (unpaired) electrons. The van der Waals surface area contributed by atoms with Crippen LogP contribution in [0.2, 0.25) is 0 Å². The van der Waals surface area contributed by atoms with Gasteiger partial charge in [0.05, 0.1) is 11.9 Å². The highest BCUT2D eigenvalue weighted by atomic mass is 32.2. The zero-order valence-electron chi connectivity index (χ0n) is 19.9. The molecule has 8 nitrogen and oxygen atoms in total. The number of hydrogen-bond acceptors (Lipinski definition) is 8. The van der Waals surface area contributed by atoms with Crippen molar-refractivity contribution in [1.29, 1.82) is 0 Å². The number of benzene rings is 2. The highest BCUT2D eigenvalue weighted by Gasteiger charge is 2.20. The van der Waals surface area contributed by atoms with Gasteiger partial charge in [-0.3, -0.25) is 0 Å². The SMILES string of the molecule is CC(CCO)[S+]([O-])c1ccc(-c2cnc(N)c(-c3cc(-c4ccc(CNCCF)cc4)no3)n2)cc1. The van der Waals surface area contributed by atoms with Gasteiger partial charge < -0.3 is 25.2 Å². The molecule has 0 aliphatic carbocycles. The molecule has 4 N–H and O–H groups in total. The second-order valence-electron chi connectivity index (χ2n) is 8.27. The van der Waals surface area contributed by atoms with Crippen LogP contribution < -0.4 is 11.1 Å². The Morgan fingerprint density at radius 1 is 1.11 bits per heavy atom. The summed E-state index contributed by atoms with van der Waals surface area (Å²) in [5.41, 5.74) is 10.4. The minimum Gasteiger partial charge on any atom is -0.611 e. The van der Waals surface area contributed by atoms with Crippen LogP contribution in [0.4, 0.5) is 10.2 Å². The predicted molar refractivity (Wildman–Crippen MR) is 138 cm³/mol. The van der Waals surface area contributed by atoms with E-state index in [1.54, 1.807) is 24.4 Å². The number of nitrogen functional groups attached to an aromatic ring is 1. The first-order valence-electron chi connectivity index (χ1n) is 11.6. The van der Waals surface area contributed by atoms with Crippen LogP contribution in [-0.4, -0.2) is 49.9 Å². The van der Waals surface area contributed by atoms with Crippen LogP contribution in [-0.2, 0) is 17.7 Å². The first-order valence-corrected chi connectivity index (χ1v) is 12.8. The van der Waals surface area contributed by atoms with Gasteiger partial charge >= 0.3 is 0 Å². The maximum Gasteiger partial charge on any atom is 0.189 e. The minimum atomic E-state index is -1.21. The van der Waals surface area contributed by atoms with Crippen molar-refractivity contribution in [2.24, 2.45) is 0 Å². The van der Waals surface area contributed by atoms with Gasteiger partial charge in [-0.2, -0.15) is 0 Å². The Hall–Kier alpha value is -3.31. The summed E-state index contributed by atoms with van der Waals surface area (Å²) in [7, 11) is 0. The summed E-state index contributed by atoms with van der Waals surface area (Å²) in [6, 6.07) is 16.8. The van der Waals surface area contributed by atoms with E-state index in [9.17, 15) is 8.94 Å². The van der Waals surface area contributed by atoms with Crippen LogP contribution in [0.15, 0.2) is 70.2 Å². The number of aromatic nitrogens is 3. The van der Waals surface area contributed by atoms with E-state index in [-0.39, 0.29) is 17.7 Å². The Morgan fingerprint density at radius 2 is 1.81 bits per heavy atom. The van der Waals surface area contributed by atoms with Crippen molar-refractivity contribution in [2.75, 3.05) is 25.6 Å². The van der Waals surface area contributed by atoms with Crippen molar-refractivity contribution in [3.63, 3.8) is 0 Å².